The van der Waals surface area contributed by atoms with E-state index in [1.807, 2.05) is 0 Å². The molecule has 98 valence electrons. The zero-order valence-electron chi connectivity index (χ0n) is 9.41. The van der Waals surface area contributed by atoms with Crippen LogP contribution in [0.25, 0.3) is 0 Å². The Kier molecular flexibility index (Phi) is 3.71. The molecule has 0 aliphatic heterocycles. The fourth-order valence-corrected chi connectivity index (χ4v) is 2.09. The average molecular weight is 330 g/mol. The summed E-state index contributed by atoms with van der Waals surface area (Å²) in [5, 5.41) is 0. The molecule has 1 heterocycles. The van der Waals surface area contributed by atoms with Crippen molar-refractivity contribution in [2.75, 3.05) is 0 Å². The Hall–Kier alpha value is -1.69. The Balaban J connectivity index is 2.40. The zero-order chi connectivity index (χ0) is 14.0. The maximum Gasteiger partial charge on any atom is 0.416 e. The third kappa shape index (κ3) is 3.01. The lowest BCUT2D eigenvalue weighted by Gasteiger charge is -2.09. The SMILES string of the molecule is O=C(c1ccncc1)c1ccc(C(F)(F)F)cc1Br. The van der Waals surface area contributed by atoms with E-state index in [0.29, 0.717) is 5.56 Å². The van der Waals surface area contributed by atoms with Crippen LogP contribution in [-0.2, 0) is 6.18 Å². The summed E-state index contributed by atoms with van der Waals surface area (Å²) in [6.07, 6.45) is -1.53. The van der Waals surface area contributed by atoms with E-state index in [1.54, 1.807) is 0 Å². The molecule has 0 radical (unpaired) electrons. The Morgan fingerprint density at radius 1 is 1.11 bits per heavy atom. The van der Waals surface area contributed by atoms with Crippen molar-refractivity contribution < 1.29 is 18.0 Å². The first-order chi connectivity index (χ1) is 8.89. The first-order valence-corrected chi connectivity index (χ1v) is 6.00. The van der Waals surface area contributed by atoms with Crippen molar-refractivity contribution in [3.8, 4) is 0 Å². The van der Waals surface area contributed by atoms with Crippen molar-refractivity contribution in [2.24, 2.45) is 0 Å². The van der Waals surface area contributed by atoms with Crippen LogP contribution < -0.4 is 0 Å². The molecule has 19 heavy (non-hydrogen) atoms. The molecule has 0 atom stereocenters. The van der Waals surface area contributed by atoms with Crippen molar-refractivity contribution in [3.63, 3.8) is 0 Å². The normalized spacial score (nSPS) is 11.4. The fraction of sp³-hybridized carbons (Fsp3) is 0.0769. The Morgan fingerprint density at radius 2 is 1.74 bits per heavy atom. The number of benzene rings is 1. The van der Waals surface area contributed by atoms with E-state index < -0.39 is 11.7 Å². The second kappa shape index (κ2) is 5.13. The van der Waals surface area contributed by atoms with Crippen LogP contribution in [0.5, 0.6) is 0 Å². The van der Waals surface area contributed by atoms with E-state index in [9.17, 15) is 18.0 Å². The number of hydrogen-bond acceptors (Lipinski definition) is 2. The molecule has 0 unspecified atom stereocenters. The molecular formula is C13H7BrF3NO. The van der Waals surface area contributed by atoms with Gasteiger partial charge in [0.1, 0.15) is 0 Å². The summed E-state index contributed by atoms with van der Waals surface area (Å²) >= 11 is 3.00. The minimum atomic E-state index is -4.43. The van der Waals surface area contributed by atoms with Crippen LogP contribution in [0.2, 0.25) is 0 Å². The third-order valence-electron chi connectivity index (χ3n) is 2.48. The smallest absolute Gasteiger partial charge is 0.289 e. The molecule has 1 aromatic carbocycles. The van der Waals surface area contributed by atoms with E-state index in [1.165, 1.54) is 24.5 Å². The van der Waals surface area contributed by atoms with E-state index in [2.05, 4.69) is 20.9 Å². The number of nitrogens with zero attached hydrogens (tertiary/aromatic N) is 1. The maximum atomic E-state index is 12.5. The number of hydrogen-bond donors (Lipinski definition) is 0. The fourth-order valence-electron chi connectivity index (χ4n) is 1.53. The Labute approximate surface area is 115 Å². The van der Waals surface area contributed by atoms with E-state index in [-0.39, 0.29) is 15.8 Å². The lowest BCUT2D eigenvalue weighted by atomic mass is 10.0. The lowest BCUT2D eigenvalue weighted by Crippen LogP contribution is -2.07. The summed E-state index contributed by atoms with van der Waals surface area (Å²) < 4.78 is 37.6. The second-order valence-corrected chi connectivity index (χ2v) is 4.61. The van der Waals surface area contributed by atoms with Gasteiger partial charge in [0.2, 0.25) is 0 Å². The first kappa shape index (κ1) is 13.7. The zero-order valence-corrected chi connectivity index (χ0v) is 11.0. The summed E-state index contributed by atoms with van der Waals surface area (Å²) in [6, 6.07) is 5.96. The average Bonchev–Trinajstić information content (AvgIpc) is 2.38. The third-order valence-corrected chi connectivity index (χ3v) is 3.14. The molecule has 0 aliphatic rings. The Bertz CT molecular complexity index is 611. The highest BCUT2D eigenvalue weighted by molar-refractivity contribution is 9.10. The van der Waals surface area contributed by atoms with Crippen LogP contribution in [0.15, 0.2) is 47.2 Å². The monoisotopic (exact) mass is 329 g/mol. The summed E-state index contributed by atoms with van der Waals surface area (Å²) in [7, 11) is 0. The molecule has 2 aromatic rings. The van der Waals surface area contributed by atoms with Gasteiger partial charge >= 0.3 is 6.18 Å². The van der Waals surface area contributed by atoms with Crippen LogP contribution in [0.4, 0.5) is 13.2 Å². The standard InChI is InChI=1S/C13H7BrF3NO/c14-11-7-9(13(15,16)17)1-2-10(11)12(19)8-3-5-18-6-4-8/h1-7H. The number of pyridine rings is 1. The highest BCUT2D eigenvalue weighted by Gasteiger charge is 2.31. The van der Waals surface area contributed by atoms with Gasteiger partial charge in [0, 0.05) is 28.0 Å². The van der Waals surface area contributed by atoms with Crippen LogP contribution >= 0.6 is 15.9 Å². The van der Waals surface area contributed by atoms with Gasteiger partial charge in [-0.15, -0.1) is 0 Å². The van der Waals surface area contributed by atoms with Crippen molar-refractivity contribution in [1.82, 2.24) is 4.98 Å². The number of ketones is 1. The predicted octanol–water partition coefficient (Wildman–Crippen LogP) is 4.09. The van der Waals surface area contributed by atoms with Crippen LogP contribution in [-0.4, -0.2) is 10.8 Å². The van der Waals surface area contributed by atoms with Crippen molar-refractivity contribution in [2.45, 2.75) is 6.18 Å². The van der Waals surface area contributed by atoms with Gasteiger partial charge in [0.25, 0.3) is 0 Å². The topological polar surface area (TPSA) is 30.0 Å². The molecule has 0 saturated carbocycles. The molecule has 0 saturated heterocycles. The summed E-state index contributed by atoms with van der Waals surface area (Å²) in [4.78, 5) is 15.9. The summed E-state index contributed by atoms with van der Waals surface area (Å²) in [6.45, 7) is 0. The quantitative estimate of drug-likeness (QED) is 0.776. The molecule has 0 N–H and O–H groups in total. The molecule has 6 heteroatoms. The van der Waals surface area contributed by atoms with Crippen LogP contribution in [0.1, 0.15) is 21.5 Å². The maximum absolute atomic E-state index is 12.5. The van der Waals surface area contributed by atoms with Gasteiger partial charge in [-0.05, 0) is 30.3 Å². The lowest BCUT2D eigenvalue weighted by molar-refractivity contribution is -0.137. The minimum Gasteiger partial charge on any atom is -0.289 e. The van der Waals surface area contributed by atoms with Gasteiger partial charge in [-0.3, -0.25) is 9.78 Å². The number of carbonyl (C=O) groups excluding carboxylic acids is 1. The first-order valence-electron chi connectivity index (χ1n) is 5.21. The van der Waals surface area contributed by atoms with Gasteiger partial charge in [-0.2, -0.15) is 13.2 Å². The molecule has 2 rings (SSSR count). The Morgan fingerprint density at radius 3 is 2.26 bits per heavy atom. The van der Waals surface area contributed by atoms with E-state index in [0.717, 1.165) is 18.2 Å². The number of rotatable bonds is 2. The number of aromatic nitrogens is 1. The highest BCUT2D eigenvalue weighted by Crippen LogP contribution is 2.32. The predicted molar refractivity (Wildman–Crippen MR) is 66.8 cm³/mol. The molecule has 0 bridgehead atoms. The van der Waals surface area contributed by atoms with Crippen LogP contribution in [0.3, 0.4) is 0 Å². The number of carbonyl (C=O) groups is 1. The van der Waals surface area contributed by atoms with Crippen LogP contribution in [0, 0.1) is 0 Å². The van der Waals surface area contributed by atoms with Gasteiger partial charge in [-0.1, -0.05) is 15.9 Å². The largest absolute Gasteiger partial charge is 0.416 e. The van der Waals surface area contributed by atoms with Gasteiger partial charge < -0.3 is 0 Å². The number of halogens is 4. The minimum absolute atomic E-state index is 0.115. The van der Waals surface area contributed by atoms with Gasteiger partial charge in [-0.25, -0.2) is 0 Å². The molecular weight excluding hydrogens is 323 g/mol. The van der Waals surface area contributed by atoms with Crippen molar-refractivity contribution in [1.29, 1.82) is 0 Å². The highest BCUT2D eigenvalue weighted by atomic mass is 79.9. The van der Waals surface area contributed by atoms with Crippen molar-refractivity contribution in [3.05, 3.63) is 63.9 Å². The summed E-state index contributed by atoms with van der Waals surface area (Å²) in [5.41, 5.74) is -0.250. The molecule has 0 spiro atoms. The van der Waals surface area contributed by atoms with E-state index >= 15 is 0 Å². The molecule has 2 nitrogen and oxygen atoms in total. The van der Waals surface area contributed by atoms with E-state index in [4.69, 9.17) is 0 Å². The molecule has 0 amide bonds. The molecule has 1 aromatic heterocycles. The summed E-state index contributed by atoms with van der Waals surface area (Å²) in [5.74, 6) is -0.358. The number of alkyl halides is 3. The van der Waals surface area contributed by atoms with Gasteiger partial charge in [0.15, 0.2) is 5.78 Å². The molecule has 0 aliphatic carbocycles. The second-order valence-electron chi connectivity index (χ2n) is 3.76. The van der Waals surface area contributed by atoms with Gasteiger partial charge in [0.05, 0.1) is 5.56 Å². The molecule has 0 fully saturated rings. The van der Waals surface area contributed by atoms with Crippen molar-refractivity contribution >= 4 is 21.7 Å².